The standard InChI is InChI=1S/C23H17Cl3N4O2/c24-12-4-7-14(8-5-12)28-23(32)16-11-27-30-21(15-9-6-13(25)10-17(15)26)20-18(29-22(16)30)2-1-3-19(20)31/h4-11,21,29H,1-3H2,(H,28,32)/t21-/m0/s1. The van der Waals surface area contributed by atoms with E-state index in [0.29, 0.717) is 56.1 Å². The van der Waals surface area contributed by atoms with Crippen molar-refractivity contribution in [3.63, 3.8) is 0 Å². The normalized spacial score (nSPS) is 17.5. The van der Waals surface area contributed by atoms with Crippen molar-refractivity contribution in [1.82, 2.24) is 9.78 Å². The van der Waals surface area contributed by atoms with Crippen LogP contribution in [0.25, 0.3) is 0 Å². The zero-order chi connectivity index (χ0) is 22.4. The summed E-state index contributed by atoms with van der Waals surface area (Å²) in [5.74, 6) is 0.234. The molecule has 2 aliphatic rings. The molecule has 0 bridgehead atoms. The molecule has 1 aliphatic carbocycles. The lowest BCUT2D eigenvalue weighted by Gasteiger charge is -2.33. The molecular weight excluding hydrogens is 471 g/mol. The van der Waals surface area contributed by atoms with E-state index < -0.39 is 6.04 Å². The molecule has 9 heteroatoms. The average molecular weight is 488 g/mol. The first kappa shape index (κ1) is 21.1. The van der Waals surface area contributed by atoms with Gasteiger partial charge in [-0.15, -0.1) is 0 Å². The van der Waals surface area contributed by atoms with Gasteiger partial charge in [-0.2, -0.15) is 5.10 Å². The smallest absolute Gasteiger partial charge is 0.261 e. The van der Waals surface area contributed by atoms with Crippen LogP contribution in [0.4, 0.5) is 11.5 Å². The van der Waals surface area contributed by atoms with E-state index in [9.17, 15) is 9.59 Å². The molecule has 1 amide bonds. The number of rotatable bonds is 3. The summed E-state index contributed by atoms with van der Waals surface area (Å²) in [5.41, 5.74) is 3.10. The monoisotopic (exact) mass is 486 g/mol. The second-order valence-corrected chi connectivity index (χ2v) is 8.95. The molecule has 0 saturated heterocycles. The summed E-state index contributed by atoms with van der Waals surface area (Å²) in [5, 5.41) is 12.1. The number of aromatic nitrogens is 2. The van der Waals surface area contributed by atoms with Crippen LogP contribution in [0.15, 0.2) is 59.9 Å². The topological polar surface area (TPSA) is 76.0 Å². The molecule has 0 radical (unpaired) electrons. The first-order chi connectivity index (χ1) is 15.4. The van der Waals surface area contributed by atoms with Gasteiger partial charge >= 0.3 is 0 Å². The highest BCUT2D eigenvalue weighted by atomic mass is 35.5. The molecule has 1 atom stereocenters. The molecule has 5 rings (SSSR count). The largest absolute Gasteiger partial charge is 0.343 e. The molecule has 2 N–H and O–H groups in total. The summed E-state index contributed by atoms with van der Waals surface area (Å²) in [7, 11) is 0. The second-order valence-electron chi connectivity index (χ2n) is 7.67. The van der Waals surface area contributed by atoms with Crippen molar-refractivity contribution in [2.75, 3.05) is 10.6 Å². The molecule has 1 aliphatic heterocycles. The van der Waals surface area contributed by atoms with Crippen molar-refractivity contribution in [2.45, 2.75) is 25.3 Å². The zero-order valence-electron chi connectivity index (χ0n) is 16.7. The molecule has 0 fully saturated rings. The van der Waals surface area contributed by atoms with Gasteiger partial charge in [0, 0.05) is 44.0 Å². The summed E-state index contributed by atoms with van der Waals surface area (Å²) in [4.78, 5) is 26.0. The molecule has 2 aromatic carbocycles. The van der Waals surface area contributed by atoms with Crippen LogP contribution < -0.4 is 10.6 Å². The van der Waals surface area contributed by atoms with Gasteiger partial charge in [-0.25, -0.2) is 4.68 Å². The third-order valence-corrected chi connectivity index (χ3v) is 6.46. The zero-order valence-corrected chi connectivity index (χ0v) is 18.9. The van der Waals surface area contributed by atoms with E-state index in [2.05, 4.69) is 15.7 Å². The van der Waals surface area contributed by atoms with Crippen LogP contribution in [0, 0.1) is 0 Å². The van der Waals surface area contributed by atoms with Crippen LogP contribution in [0.5, 0.6) is 0 Å². The minimum Gasteiger partial charge on any atom is -0.343 e. The number of ketones is 1. The summed E-state index contributed by atoms with van der Waals surface area (Å²) >= 11 is 18.6. The number of anilines is 2. The maximum absolute atomic E-state index is 13.0. The quantitative estimate of drug-likeness (QED) is 0.467. The molecule has 3 aromatic rings. The second kappa shape index (κ2) is 8.28. The van der Waals surface area contributed by atoms with Crippen molar-refractivity contribution in [1.29, 1.82) is 0 Å². The number of nitrogens with zero attached hydrogens (tertiary/aromatic N) is 2. The Morgan fingerprint density at radius 1 is 1.06 bits per heavy atom. The lowest BCUT2D eigenvalue weighted by molar-refractivity contribution is -0.116. The Bertz CT molecular complexity index is 1280. The van der Waals surface area contributed by atoms with E-state index in [0.717, 1.165) is 12.1 Å². The molecule has 32 heavy (non-hydrogen) atoms. The third-order valence-electron chi connectivity index (χ3n) is 5.64. The van der Waals surface area contributed by atoms with Crippen LogP contribution in [-0.2, 0) is 4.79 Å². The van der Waals surface area contributed by atoms with Gasteiger partial charge in [0.25, 0.3) is 5.91 Å². The molecule has 0 spiro atoms. The van der Waals surface area contributed by atoms with Gasteiger partial charge in [-0.3, -0.25) is 9.59 Å². The Balaban J connectivity index is 1.59. The van der Waals surface area contributed by atoms with Gasteiger partial charge in [-0.1, -0.05) is 40.9 Å². The number of allylic oxidation sites excluding steroid dienone is 2. The van der Waals surface area contributed by atoms with Crippen LogP contribution in [0.1, 0.15) is 41.2 Å². The van der Waals surface area contributed by atoms with Crippen LogP contribution in [0.2, 0.25) is 15.1 Å². The number of fused-ring (bicyclic) bond motifs is 1. The lowest BCUT2D eigenvalue weighted by Crippen LogP contribution is -2.32. The average Bonchev–Trinajstić information content (AvgIpc) is 3.18. The van der Waals surface area contributed by atoms with E-state index in [1.165, 1.54) is 6.20 Å². The van der Waals surface area contributed by atoms with Gasteiger partial charge in [-0.05, 0) is 49.2 Å². The molecular formula is C23H17Cl3N4O2. The summed E-state index contributed by atoms with van der Waals surface area (Å²) in [6.07, 6.45) is 3.40. The van der Waals surface area contributed by atoms with Crippen molar-refractivity contribution in [3.05, 3.63) is 86.1 Å². The number of hydrogen-bond acceptors (Lipinski definition) is 4. The number of halogens is 3. The summed E-state index contributed by atoms with van der Waals surface area (Å²) in [6.45, 7) is 0. The van der Waals surface area contributed by atoms with Crippen molar-refractivity contribution < 1.29 is 9.59 Å². The third kappa shape index (κ3) is 3.68. The minimum atomic E-state index is -0.545. The number of carbonyl (C=O) groups excluding carboxylic acids is 2. The maximum atomic E-state index is 13.0. The Labute approximate surface area is 199 Å². The Kier molecular flexibility index (Phi) is 5.45. The van der Waals surface area contributed by atoms with E-state index in [1.807, 2.05) is 0 Å². The summed E-state index contributed by atoms with van der Waals surface area (Å²) < 4.78 is 1.65. The van der Waals surface area contributed by atoms with Gasteiger partial charge in [0.15, 0.2) is 5.78 Å². The van der Waals surface area contributed by atoms with Gasteiger partial charge in [0.05, 0.1) is 6.20 Å². The van der Waals surface area contributed by atoms with E-state index in [1.54, 1.807) is 47.1 Å². The van der Waals surface area contributed by atoms with E-state index in [4.69, 9.17) is 34.8 Å². The molecule has 2 heterocycles. The Morgan fingerprint density at radius 3 is 2.56 bits per heavy atom. The molecule has 6 nitrogen and oxygen atoms in total. The predicted molar refractivity (Wildman–Crippen MR) is 126 cm³/mol. The number of benzene rings is 2. The number of Topliss-reactive ketones (excluding diaryl/α,β-unsaturated/α-hetero) is 1. The van der Waals surface area contributed by atoms with Crippen LogP contribution >= 0.6 is 34.8 Å². The fourth-order valence-corrected chi connectivity index (χ4v) is 4.80. The fraction of sp³-hybridized carbons (Fsp3) is 0.174. The van der Waals surface area contributed by atoms with Crippen molar-refractivity contribution in [3.8, 4) is 0 Å². The highest BCUT2D eigenvalue weighted by molar-refractivity contribution is 6.35. The fourth-order valence-electron chi connectivity index (χ4n) is 4.17. The van der Waals surface area contributed by atoms with Crippen molar-refractivity contribution in [2.24, 2.45) is 0 Å². The Hall–Kier alpha value is -2.80. The predicted octanol–water partition coefficient (Wildman–Crippen LogP) is 6.12. The van der Waals surface area contributed by atoms with Crippen molar-refractivity contribution >= 4 is 58.0 Å². The van der Waals surface area contributed by atoms with E-state index >= 15 is 0 Å². The van der Waals surface area contributed by atoms with Crippen LogP contribution in [-0.4, -0.2) is 21.5 Å². The summed E-state index contributed by atoms with van der Waals surface area (Å²) in [6, 6.07) is 11.5. The number of carbonyl (C=O) groups is 2. The maximum Gasteiger partial charge on any atom is 0.261 e. The highest BCUT2D eigenvalue weighted by Gasteiger charge is 2.38. The molecule has 1 aromatic heterocycles. The SMILES string of the molecule is O=C1CCCC2=C1[C@H](c1ccc(Cl)cc1Cl)n1ncc(C(=O)Nc3ccc(Cl)cc3)c1N2. The number of amides is 1. The Morgan fingerprint density at radius 2 is 1.81 bits per heavy atom. The van der Waals surface area contributed by atoms with Gasteiger partial charge in [0.2, 0.25) is 0 Å². The minimum absolute atomic E-state index is 0.0445. The first-order valence-corrected chi connectivity index (χ1v) is 11.2. The van der Waals surface area contributed by atoms with E-state index in [-0.39, 0.29) is 11.7 Å². The highest BCUT2D eigenvalue weighted by Crippen LogP contribution is 2.43. The van der Waals surface area contributed by atoms with Gasteiger partial charge in [0.1, 0.15) is 17.4 Å². The number of hydrogen-bond donors (Lipinski definition) is 2. The molecule has 0 saturated carbocycles. The first-order valence-electron chi connectivity index (χ1n) is 10.0. The lowest BCUT2D eigenvalue weighted by atomic mass is 9.85. The van der Waals surface area contributed by atoms with Crippen LogP contribution in [0.3, 0.4) is 0 Å². The number of nitrogens with one attached hydrogen (secondary N) is 2. The molecule has 0 unspecified atom stereocenters. The van der Waals surface area contributed by atoms with Gasteiger partial charge < -0.3 is 10.6 Å². The molecule has 162 valence electrons.